The summed E-state index contributed by atoms with van der Waals surface area (Å²) in [5.74, 6) is -1.73. The van der Waals surface area contributed by atoms with Crippen molar-refractivity contribution in [3.05, 3.63) is 22.7 Å². The minimum atomic E-state index is -4.53. The third kappa shape index (κ3) is 2.53. The second kappa shape index (κ2) is 4.15. The van der Waals surface area contributed by atoms with E-state index in [4.69, 9.17) is 22.3 Å². The standard InChI is InChI=1S/C6H2Cl2F3NO2S/c7-2-1-12-4(6(10)11)3(9)5(2)15(8,13)14/h1,6H. The van der Waals surface area contributed by atoms with Crippen LogP contribution < -0.4 is 0 Å². The molecule has 0 radical (unpaired) electrons. The maximum absolute atomic E-state index is 13.2. The molecule has 0 amide bonds. The Balaban J connectivity index is 3.59. The SMILES string of the molecule is O=S(=O)(Cl)c1c(Cl)cnc(C(F)F)c1F. The lowest BCUT2D eigenvalue weighted by atomic mass is 10.3. The van der Waals surface area contributed by atoms with Crippen LogP contribution in [0.5, 0.6) is 0 Å². The lowest BCUT2D eigenvalue weighted by molar-refractivity contribution is 0.139. The van der Waals surface area contributed by atoms with Crippen LogP contribution in [0, 0.1) is 5.82 Å². The number of hydrogen-bond donors (Lipinski definition) is 0. The molecular formula is C6H2Cl2F3NO2S. The van der Waals surface area contributed by atoms with Crippen LogP contribution in [0.4, 0.5) is 13.2 Å². The molecule has 0 aliphatic carbocycles. The quantitative estimate of drug-likeness (QED) is 0.782. The van der Waals surface area contributed by atoms with Gasteiger partial charge in [-0.05, 0) is 0 Å². The van der Waals surface area contributed by atoms with Gasteiger partial charge in [-0.1, -0.05) is 11.6 Å². The van der Waals surface area contributed by atoms with Crippen LogP contribution in [0.2, 0.25) is 5.02 Å². The van der Waals surface area contributed by atoms with Gasteiger partial charge in [-0.15, -0.1) is 0 Å². The van der Waals surface area contributed by atoms with Crippen molar-refractivity contribution < 1.29 is 21.6 Å². The van der Waals surface area contributed by atoms with Gasteiger partial charge in [0.05, 0.1) is 5.02 Å². The van der Waals surface area contributed by atoms with E-state index >= 15 is 0 Å². The first-order valence-electron chi connectivity index (χ1n) is 3.32. The number of aromatic nitrogens is 1. The summed E-state index contributed by atoms with van der Waals surface area (Å²) in [6, 6.07) is 0. The van der Waals surface area contributed by atoms with Crippen molar-refractivity contribution in [3.63, 3.8) is 0 Å². The van der Waals surface area contributed by atoms with Crippen LogP contribution in [-0.2, 0) is 9.05 Å². The first kappa shape index (κ1) is 12.5. The van der Waals surface area contributed by atoms with Gasteiger partial charge in [0.15, 0.2) is 5.82 Å². The number of rotatable bonds is 2. The summed E-state index contributed by atoms with van der Waals surface area (Å²) in [6.45, 7) is 0. The summed E-state index contributed by atoms with van der Waals surface area (Å²) in [5.41, 5.74) is -1.31. The van der Waals surface area contributed by atoms with Crippen LogP contribution in [0.25, 0.3) is 0 Å². The van der Waals surface area contributed by atoms with E-state index in [1.54, 1.807) is 0 Å². The zero-order valence-electron chi connectivity index (χ0n) is 6.72. The summed E-state index contributed by atoms with van der Waals surface area (Å²) in [7, 11) is 0.293. The molecule has 0 aliphatic rings. The van der Waals surface area contributed by atoms with Gasteiger partial charge in [0, 0.05) is 16.9 Å². The molecule has 0 saturated heterocycles. The molecule has 0 N–H and O–H groups in total. The van der Waals surface area contributed by atoms with Crippen molar-refractivity contribution in [3.8, 4) is 0 Å². The van der Waals surface area contributed by atoms with Crippen LogP contribution in [0.15, 0.2) is 11.1 Å². The van der Waals surface area contributed by atoms with Crippen LogP contribution in [0.3, 0.4) is 0 Å². The van der Waals surface area contributed by atoms with Crippen LogP contribution in [0.1, 0.15) is 12.1 Å². The summed E-state index contributed by atoms with van der Waals surface area (Å²) in [4.78, 5) is 1.79. The van der Waals surface area contributed by atoms with Crippen molar-refractivity contribution in [1.29, 1.82) is 0 Å². The highest BCUT2D eigenvalue weighted by Crippen LogP contribution is 2.31. The minimum absolute atomic E-state index is 0.599. The van der Waals surface area contributed by atoms with E-state index in [0.717, 1.165) is 0 Å². The molecule has 84 valence electrons. The smallest absolute Gasteiger partial charge is 0.251 e. The Morgan fingerprint density at radius 2 is 1.93 bits per heavy atom. The number of halogens is 5. The Morgan fingerprint density at radius 3 is 2.33 bits per heavy atom. The average molecular weight is 280 g/mol. The predicted molar refractivity (Wildman–Crippen MR) is 47.2 cm³/mol. The lowest BCUT2D eigenvalue weighted by Gasteiger charge is -2.05. The van der Waals surface area contributed by atoms with Gasteiger partial charge in [0.25, 0.3) is 15.5 Å². The fourth-order valence-electron chi connectivity index (χ4n) is 0.838. The van der Waals surface area contributed by atoms with Crippen LogP contribution in [-0.4, -0.2) is 13.4 Å². The molecule has 0 spiro atoms. The van der Waals surface area contributed by atoms with Gasteiger partial charge >= 0.3 is 0 Å². The summed E-state index contributed by atoms with van der Waals surface area (Å²) in [5, 5.41) is -0.646. The summed E-state index contributed by atoms with van der Waals surface area (Å²) < 4.78 is 59.1. The fourth-order valence-corrected chi connectivity index (χ4v) is 2.45. The van der Waals surface area contributed by atoms with Crippen molar-refractivity contribution in [2.75, 3.05) is 0 Å². The molecule has 3 nitrogen and oxygen atoms in total. The van der Waals surface area contributed by atoms with Gasteiger partial charge in [-0.3, -0.25) is 4.98 Å². The van der Waals surface area contributed by atoms with Gasteiger partial charge in [0.1, 0.15) is 10.6 Å². The van der Waals surface area contributed by atoms with E-state index in [2.05, 4.69) is 4.98 Å². The second-order valence-corrected chi connectivity index (χ2v) is 5.28. The molecule has 9 heteroatoms. The van der Waals surface area contributed by atoms with Crippen molar-refractivity contribution >= 4 is 31.3 Å². The molecule has 1 heterocycles. The van der Waals surface area contributed by atoms with Gasteiger partial charge in [-0.2, -0.15) is 0 Å². The minimum Gasteiger partial charge on any atom is -0.251 e. The average Bonchev–Trinajstić information content (AvgIpc) is 2.00. The number of hydrogen-bond acceptors (Lipinski definition) is 3. The molecule has 0 aromatic carbocycles. The summed E-state index contributed by atoms with van der Waals surface area (Å²) >= 11 is 5.28. The highest BCUT2D eigenvalue weighted by Gasteiger charge is 2.27. The first-order valence-corrected chi connectivity index (χ1v) is 6.00. The number of pyridine rings is 1. The third-order valence-corrected chi connectivity index (χ3v) is 3.16. The molecule has 0 unspecified atom stereocenters. The molecule has 1 rings (SSSR count). The predicted octanol–water partition coefficient (Wildman–Crippen LogP) is 2.74. The monoisotopic (exact) mass is 279 g/mol. The zero-order valence-corrected chi connectivity index (χ0v) is 9.04. The zero-order chi connectivity index (χ0) is 11.8. The Kier molecular flexibility index (Phi) is 3.47. The molecule has 0 bridgehead atoms. The lowest BCUT2D eigenvalue weighted by Crippen LogP contribution is -2.04. The Morgan fingerprint density at radius 1 is 1.40 bits per heavy atom. The molecule has 15 heavy (non-hydrogen) atoms. The molecule has 0 saturated carbocycles. The Hall–Kier alpha value is -0.530. The summed E-state index contributed by atoms with van der Waals surface area (Å²) in [6.07, 6.45) is -2.65. The molecule has 1 aromatic rings. The largest absolute Gasteiger partial charge is 0.283 e. The maximum atomic E-state index is 13.2. The van der Waals surface area contributed by atoms with E-state index in [0.29, 0.717) is 6.20 Å². The third-order valence-electron chi connectivity index (χ3n) is 1.41. The number of alkyl halides is 2. The first-order chi connectivity index (χ1) is 6.75. The van der Waals surface area contributed by atoms with Gasteiger partial charge in [0.2, 0.25) is 0 Å². The number of nitrogens with zero attached hydrogens (tertiary/aromatic N) is 1. The van der Waals surface area contributed by atoms with Crippen LogP contribution >= 0.6 is 22.3 Å². The fraction of sp³-hybridized carbons (Fsp3) is 0.167. The van der Waals surface area contributed by atoms with Crippen molar-refractivity contribution in [2.45, 2.75) is 11.3 Å². The van der Waals surface area contributed by atoms with E-state index < -0.39 is 36.9 Å². The Labute approximate surface area is 92.2 Å². The van der Waals surface area contributed by atoms with Crippen molar-refractivity contribution in [1.82, 2.24) is 4.98 Å². The normalized spacial score (nSPS) is 12.1. The maximum Gasteiger partial charge on any atom is 0.283 e. The van der Waals surface area contributed by atoms with Crippen molar-refractivity contribution in [2.24, 2.45) is 0 Å². The topological polar surface area (TPSA) is 47.0 Å². The van der Waals surface area contributed by atoms with Gasteiger partial charge < -0.3 is 0 Å². The van der Waals surface area contributed by atoms with Gasteiger partial charge in [-0.25, -0.2) is 21.6 Å². The van der Waals surface area contributed by atoms with E-state index in [1.165, 1.54) is 0 Å². The highest BCUT2D eigenvalue weighted by molar-refractivity contribution is 8.13. The molecule has 0 fully saturated rings. The highest BCUT2D eigenvalue weighted by atomic mass is 35.7. The Bertz CT molecular complexity index is 491. The molecular weight excluding hydrogens is 278 g/mol. The molecule has 0 atom stereocenters. The molecule has 0 aliphatic heterocycles. The molecule has 1 aromatic heterocycles. The van der Waals surface area contributed by atoms with E-state index in [-0.39, 0.29) is 0 Å². The van der Waals surface area contributed by atoms with E-state index in [1.807, 2.05) is 0 Å². The van der Waals surface area contributed by atoms with E-state index in [9.17, 15) is 21.6 Å². The second-order valence-electron chi connectivity index (χ2n) is 2.37.